The summed E-state index contributed by atoms with van der Waals surface area (Å²) in [4.78, 5) is 14.9. The number of aromatic nitrogens is 1. The maximum Gasteiger partial charge on any atom is 0.274 e. The van der Waals surface area contributed by atoms with Gasteiger partial charge in [0.2, 0.25) is 0 Å². The molecule has 1 aromatic heterocycles. The molecule has 2 aromatic rings. The Morgan fingerprint density at radius 1 is 1.31 bits per heavy atom. The average Bonchev–Trinajstić information content (AvgIpc) is 3.06. The topological polar surface area (TPSA) is 58.4 Å². The third-order valence-electron chi connectivity index (χ3n) is 5.42. The van der Waals surface area contributed by atoms with E-state index in [9.17, 15) is 9.18 Å². The van der Waals surface area contributed by atoms with Gasteiger partial charge in [-0.15, -0.1) is 0 Å². The average molecular weight is 357 g/mol. The minimum absolute atomic E-state index is 0.0524. The molecule has 0 spiro atoms. The number of carbonyl (C=O) groups excluding carboxylic acids is 1. The molecule has 1 fully saturated rings. The van der Waals surface area contributed by atoms with Crippen LogP contribution in [0.1, 0.15) is 53.1 Å². The fraction of sp³-hybridized carbons (Fsp3) is 0.500. The Morgan fingerprint density at radius 3 is 3.00 bits per heavy atom. The van der Waals surface area contributed by atoms with Crippen molar-refractivity contribution in [1.82, 2.24) is 10.5 Å². The molecular weight excluding hydrogens is 333 g/mol. The van der Waals surface area contributed by atoms with Gasteiger partial charge in [0.25, 0.3) is 5.91 Å². The first kappa shape index (κ1) is 17.1. The van der Waals surface area contributed by atoms with Gasteiger partial charge in [-0.25, -0.2) is 4.39 Å². The predicted octanol–water partition coefficient (Wildman–Crippen LogP) is 3.40. The van der Waals surface area contributed by atoms with Crippen molar-refractivity contribution in [1.29, 1.82) is 0 Å². The zero-order valence-corrected chi connectivity index (χ0v) is 15.1. The molecule has 26 heavy (non-hydrogen) atoms. The summed E-state index contributed by atoms with van der Waals surface area (Å²) in [5.41, 5.74) is 3.39. The Kier molecular flexibility index (Phi) is 4.66. The lowest BCUT2D eigenvalue weighted by Crippen LogP contribution is -2.48. The normalized spacial score (nSPS) is 19.9. The molecular formula is C20H24FN3O2. The molecule has 1 atom stereocenters. The van der Waals surface area contributed by atoms with Crippen LogP contribution in [0.2, 0.25) is 0 Å². The summed E-state index contributed by atoms with van der Waals surface area (Å²) in [6.45, 7) is 3.55. The number of nitrogens with zero attached hydrogens (tertiary/aromatic N) is 2. The smallest absolute Gasteiger partial charge is 0.274 e. The van der Waals surface area contributed by atoms with Crippen LogP contribution < -0.4 is 10.2 Å². The van der Waals surface area contributed by atoms with Crippen LogP contribution in [-0.2, 0) is 12.8 Å². The molecule has 1 aliphatic carbocycles. The molecule has 1 unspecified atom stereocenters. The Balaban J connectivity index is 1.45. The quantitative estimate of drug-likeness (QED) is 0.915. The second-order valence-electron chi connectivity index (χ2n) is 7.33. The number of hydrogen-bond donors (Lipinski definition) is 1. The van der Waals surface area contributed by atoms with Crippen molar-refractivity contribution in [2.45, 2.75) is 51.5 Å². The standard InChI is InChI=1S/C20H24FN3O2/c1-13-11-14(21)8-9-17(13)24-10-4-5-15(12-24)22-20(25)19-16-6-2-3-7-18(16)26-23-19/h8-9,11,15H,2-7,10,12H2,1H3,(H,22,25). The summed E-state index contributed by atoms with van der Waals surface area (Å²) in [7, 11) is 0. The number of halogens is 1. The van der Waals surface area contributed by atoms with Crippen molar-refractivity contribution < 1.29 is 13.7 Å². The van der Waals surface area contributed by atoms with Crippen LogP contribution in [0.5, 0.6) is 0 Å². The number of benzene rings is 1. The van der Waals surface area contributed by atoms with Gasteiger partial charge in [0.15, 0.2) is 5.69 Å². The summed E-state index contributed by atoms with van der Waals surface area (Å²) >= 11 is 0. The van der Waals surface area contributed by atoms with Crippen LogP contribution >= 0.6 is 0 Å². The first-order valence-corrected chi connectivity index (χ1v) is 9.41. The zero-order valence-electron chi connectivity index (χ0n) is 15.1. The van der Waals surface area contributed by atoms with E-state index in [1.165, 1.54) is 6.07 Å². The lowest BCUT2D eigenvalue weighted by atomic mass is 9.96. The lowest BCUT2D eigenvalue weighted by Gasteiger charge is -2.35. The molecule has 1 amide bonds. The second-order valence-corrected chi connectivity index (χ2v) is 7.33. The van der Waals surface area contributed by atoms with Gasteiger partial charge in [-0.05, 0) is 62.8 Å². The van der Waals surface area contributed by atoms with Crippen LogP contribution in [0.3, 0.4) is 0 Å². The van der Waals surface area contributed by atoms with Crippen LogP contribution in [-0.4, -0.2) is 30.2 Å². The van der Waals surface area contributed by atoms with Gasteiger partial charge in [0, 0.05) is 36.8 Å². The largest absolute Gasteiger partial charge is 0.369 e. The molecule has 5 nitrogen and oxygen atoms in total. The predicted molar refractivity (Wildman–Crippen MR) is 97.0 cm³/mol. The molecule has 2 heterocycles. The number of piperidine rings is 1. The van der Waals surface area contributed by atoms with Crippen LogP contribution in [0.4, 0.5) is 10.1 Å². The van der Waals surface area contributed by atoms with Crippen molar-refractivity contribution in [2.75, 3.05) is 18.0 Å². The maximum absolute atomic E-state index is 13.4. The maximum atomic E-state index is 13.4. The van der Waals surface area contributed by atoms with E-state index in [2.05, 4.69) is 15.4 Å². The molecule has 1 N–H and O–H groups in total. The zero-order chi connectivity index (χ0) is 18.1. The van der Waals surface area contributed by atoms with Crippen molar-refractivity contribution >= 4 is 11.6 Å². The van der Waals surface area contributed by atoms with E-state index in [0.29, 0.717) is 5.69 Å². The molecule has 1 saturated heterocycles. The number of amides is 1. The molecule has 0 radical (unpaired) electrons. The van der Waals surface area contributed by atoms with Crippen molar-refractivity contribution in [3.05, 3.63) is 46.6 Å². The van der Waals surface area contributed by atoms with Gasteiger partial charge < -0.3 is 14.7 Å². The monoisotopic (exact) mass is 357 g/mol. The number of nitrogens with one attached hydrogen (secondary N) is 1. The number of aryl methyl sites for hydroxylation is 2. The fourth-order valence-electron chi connectivity index (χ4n) is 4.10. The molecule has 2 aliphatic rings. The van der Waals surface area contributed by atoms with E-state index in [0.717, 1.165) is 74.2 Å². The molecule has 4 rings (SSSR count). The van der Waals surface area contributed by atoms with E-state index in [4.69, 9.17) is 4.52 Å². The summed E-state index contributed by atoms with van der Waals surface area (Å²) in [5.74, 6) is 0.511. The number of rotatable bonds is 3. The van der Waals surface area contributed by atoms with Crippen molar-refractivity contribution in [3.8, 4) is 0 Å². The van der Waals surface area contributed by atoms with E-state index in [1.54, 1.807) is 6.07 Å². The molecule has 1 aromatic carbocycles. The number of anilines is 1. The molecule has 1 aliphatic heterocycles. The van der Waals surface area contributed by atoms with Crippen LogP contribution in [0.15, 0.2) is 22.7 Å². The van der Waals surface area contributed by atoms with Gasteiger partial charge in [0.1, 0.15) is 11.6 Å². The Morgan fingerprint density at radius 2 is 2.15 bits per heavy atom. The first-order chi connectivity index (χ1) is 12.6. The van der Waals surface area contributed by atoms with E-state index in [1.807, 2.05) is 13.0 Å². The molecule has 138 valence electrons. The highest BCUT2D eigenvalue weighted by Gasteiger charge is 2.27. The minimum atomic E-state index is -0.219. The van der Waals surface area contributed by atoms with Gasteiger partial charge >= 0.3 is 0 Å². The Labute approximate surface area is 152 Å². The first-order valence-electron chi connectivity index (χ1n) is 9.41. The van der Waals surface area contributed by atoms with Crippen molar-refractivity contribution in [2.24, 2.45) is 0 Å². The summed E-state index contributed by atoms with van der Waals surface area (Å²) in [6, 6.07) is 4.92. The minimum Gasteiger partial charge on any atom is -0.369 e. The van der Waals surface area contributed by atoms with Crippen molar-refractivity contribution in [3.63, 3.8) is 0 Å². The van der Waals surface area contributed by atoms with Gasteiger partial charge in [0.05, 0.1) is 0 Å². The number of hydrogen-bond acceptors (Lipinski definition) is 4. The lowest BCUT2D eigenvalue weighted by molar-refractivity contribution is 0.0923. The third-order valence-corrected chi connectivity index (χ3v) is 5.42. The van der Waals surface area contributed by atoms with Gasteiger partial charge in [-0.2, -0.15) is 0 Å². The Hall–Kier alpha value is -2.37. The van der Waals surface area contributed by atoms with E-state index >= 15 is 0 Å². The van der Waals surface area contributed by atoms with Crippen LogP contribution in [0.25, 0.3) is 0 Å². The van der Waals surface area contributed by atoms with Crippen LogP contribution in [0, 0.1) is 12.7 Å². The molecule has 6 heteroatoms. The number of fused-ring (bicyclic) bond motifs is 1. The number of carbonyl (C=O) groups is 1. The van der Waals surface area contributed by atoms with Gasteiger partial charge in [-0.3, -0.25) is 4.79 Å². The highest BCUT2D eigenvalue weighted by Crippen LogP contribution is 2.26. The highest BCUT2D eigenvalue weighted by molar-refractivity contribution is 5.94. The summed E-state index contributed by atoms with van der Waals surface area (Å²) in [6.07, 6.45) is 5.83. The highest BCUT2D eigenvalue weighted by atomic mass is 19.1. The SMILES string of the molecule is Cc1cc(F)ccc1N1CCCC(NC(=O)c2noc3c2CCCC3)C1. The third kappa shape index (κ3) is 3.32. The Bertz CT molecular complexity index is 817. The fourth-order valence-corrected chi connectivity index (χ4v) is 4.10. The summed E-state index contributed by atoms with van der Waals surface area (Å²) in [5, 5.41) is 7.15. The second kappa shape index (κ2) is 7.09. The molecule has 0 bridgehead atoms. The van der Waals surface area contributed by atoms with Gasteiger partial charge in [-0.1, -0.05) is 5.16 Å². The van der Waals surface area contributed by atoms with E-state index < -0.39 is 0 Å². The van der Waals surface area contributed by atoms with E-state index in [-0.39, 0.29) is 17.8 Å². The molecule has 0 saturated carbocycles. The summed E-state index contributed by atoms with van der Waals surface area (Å²) < 4.78 is 18.7.